The third-order valence-electron chi connectivity index (χ3n) is 3.29. The Kier molecular flexibility index (Phi) is 3.81. The first-order valence-electron chi connectivity index (χ1n) is 6.18. The van der Waals surface area contributed by atoms with Gasteiger partial charge >= 0.3 is 5.97 Å². The molecule has 1 atom stereocenters. The van der Waals surface area contributed by atoms with Gasteiger partial charge in [0.2, 0.25) is 0 Å². The minimum atomic E-state index is -0.886. The Morgan fingerprint density at radius 1 is 1.61 bits per heavy atom. The van der Waals surface area contributed by atoms with Crippen molar-refractivity contribution in [2.45, 2.75) is 18.9 Å². The first kappa shape index (κ1) is 12.8. The van der Waals surface area contributed by atoms with Gasteiger partial charge in [-0.1, -0.05) is 0 Å². The smallest absolute Gasteiger partial charge is 0.337 e. The molecule has 1 aliphatic heterocycles. The predicted octanol–water partition coefficient (Wildman–Crippen LogP) is 1.31. The number of nitrogens with zero attached hydrogens (tertiary/aromatic N) is 3. The summed E-state index contributed by atoms with van der Waals surface area (Å²) >= 11 is 0. The molecule has 1 unspecified atom stereocenters. The van der Waals surface area contributed by atoms with Gasteiger partial charge in [0.15, 0.2) is 0 Å². The summed E-state index contributed by atoms with van der Waals surface area (Å²) < 4.78 is 0. The summed E-state index contributed by atoms with van der Waals surface area (Å²) in [5.41, 5.74) is 1.09. The molecule has 18 heavy (non-hydrogen) atoms. The van der Waals surface area contributed by atoms with E-state index >= 15 is 0 Å². The van der Waals surface area contributed by atoms with Gasteiger partial charge in [-0.15, -0.1) is 0 Å². The lowest BCUT2D eigenvalue weighted by atomic mass is 10.1. The number of anilines is 1. The largest absolute Gasteiger partial charge is 0.478 e. The SMILES string of the molecule is CN(C)CC1CCCN1c1cnccc1C(=O)O. The zero-order valence-electron chi connectivity index (χ0n) is 10.8. The van der Waals surface area contributed by atoms with E-state index in [4.69, 9.17) is 0 Å². The molecule has 0 amide bonds. The fourth-order valence-corrected chi connectivity index (χ4v) is 2.56. The minimum absolute atomic E-state index is 0.343. The average Bonchev–Trinajstić information content (AvgIpc) is 2.76. The molecular formula is C13H19N3O2. The van der Waals surface area contributed by atoms with Crippen LogP contribution in [0.5, 0.6) is 0 Å². The van der Waals surface area contributed by atoms with E-state index in [1.54, 1.807) is 12.3 Å². The molecule has 2 heterocycles. The van der Waals surface area contributed by atoms with Crippen molar-refractivity contribution in [1.82, 2.24) is 9.88 Å². The topological polar surface area (TPSA) is 56.7 Å². The highest BCUT2D eigenvalue weighted by Crippen LogP contribution is 2.28. The van der Waals surface area contributed by atoms with Crippen molar-refractivity contribution in [1.29, 1.82) is 0 Å². The normalized spacial score (nSPS) is 19.5. The molecule has 2 rings (SSSR count). The van der Waals surface area contributed by atoms with Gasteiger partial charge in [-0.25, -0.2) is 4.79 Å². The Morgan fingerprint density at radius 3 is 3.06 bits per heavy atom. The molecule has 5 heteroatoms. The highest BCUT2D eigenvalue weighted by molar-refractivity contribution is 5.94. The van der Waals surface area contributed by atoms with E-state index in [-0.39, 0.29) is 0 Å². The lowest BCUT2D eigenvalue weighted by molar-refractivity contribution is 0.0697. The number of hydrogen-bond acceptors (Lipinski definition) is 4. The molecule has 1 aromatic heterocycles. The lowest BCUT2D eigenvalue weighted by Gasteiger charge is -2.29. The summed E-state index contributed by atoms with van der Waals surface area (Å²) in [6.45, 7) is 1.85. The predicted molar refractivity (Wildman–Crippen MR) is 70.1 cm³/mol. The summed E-state index contributed by atoms with van der Waals surface area (Å²) in [4.78, 5) is 19.6. The summed E-state index contributed by atoms with van der Waals surface area (Å²) in [6.07, 6.45) is 5.40. The number of carboxylic acid groups (broad SMARTS) is 1. The first-order valence-corrected chi connectivity index (χ1v) is 6.18. The average molecular weight is 249 g/mol. The van der Waals surface area contributed by atoms with Crippen LogP contribution in [0.3, 0.4) is 0 Å². The molecule has 1 fully saturated rings. The number of pyridine rings is 1. The van der Waals surface area contributed by atoms with E-state index in [0.29, 0.717) is 11.6 Å². The summed E-state index contributed by atoms with van der Waals surface area (Å²) in [5.74, 6) is -0.886. The van der Waals surface area contributed by atoms with E-state index in [2.05, 4.69) is 14.8 Å². The van der Waals surface area contributed by atoms with Crippen LogP contribution in [0.4, 0.5) is 5.69 Å². The molecule has 0 radical (unpaired) electrons. The lowest BCUT2D eigenvalue weighted by Crippen LogP contribution is -2.38. The Morgan fingerprint density at radius 2 is 2.39 bits per heavy atom. The van der Waals surface area contributed by atoms with Crippen molar-refractivity contribution < 1.29 is 9.90 Å². The second-order valence-corrected chi connectivity index (χ2v) is 4.95. The zero-order valence-corrected chi connectivity index (χ0v) is 10.8. The molecular weight excluding hydrogens is 230 g/mol. The van der Waals surface area contributed by atoms with Crippen LogP contribution in [-0.4, -0.2) is 54.2 Å². The molecule has 1 saturated heterocycles. The maximum absolute atomic E-state index is 11.2. The van der Waals surface area contributed by atoms with Crippen molar-refractivity contribution in [2.24, 2.45) is 0 Å². The molecule has 0 aliphatic carbocycles. The Labute approximate surface area is 107 Å². The Bertz CT molecular complexity index is 434. The van der Waals surface area contributed by atoms with Gasteiger partial charge in [-0.05, 0) is 33.0 Å². The summed E-state index contributed by atoms with van der Waals surface area (Å²) in [6, 6.07) is 1.95. The first-order chi connectivity index (χ1) is 8.59. The van der Waals surface area contributed by atoms with Gasteiger partial charge in [0.1, 0.15) is 0 Å². The number of hydrogen-bond donors (Lipinski definition) is 1. The maximum Gasteiger partial charge on any atom is 0.337 e. The number of rotatable bonds is 4. The Hall–Kier alpha value is -1.62. The Balaban J connectivity index is 2.27. The van der Waals surface area contributed by atoms with E-state index < -0.39 is 5.97 Å². The second-order valence-electron chi connectivity index (χ2n) is 4.95. The number of aromatic carboxylic acids is 1. The summed E-state index contributed by atoms with van der Waals surface area (Å²) in [5, 5.41) is 9.23. The van der Waals surface area contributed by atoms with E-state index in [1.807, 2.05) is 14.1 Å². The molecule has 1 aromatic rings. The van der Waals surface area contributed by atoms with Gasteiger partial charge in [0.05, 0.1) is 17.4 Å². The highest BCUT2D eigenvalue weighted by Gasteiger charge is 2.28. The monoisotopic (exact) mass is 249 g/mol. The number of carboxylic acids is 1. The number of aromatic nitrogens is 1. The van der Waals surface area contributed by atoms with Gasteiger partial charge in [-0.3, -0.25) is 4.98 Å². The minimum Gasteiger partial charge on any atom is -0.478 e. The fraction of sp³-hybridized carbons (Fsp3) is 0.538. The number of carbonyl (C=O) groups is 1. The second kappa shape index (κ2) is 5.35. The van der Waals surface area contributed by atoms with Crippen molar-refractivity contribution >= 4 is 11.7 Å². The number of likely N-dealkylation sites (N-methyl/N-ethyl adjacent to an activating group) is 1. The van der Waals surface area contributed by atoms with Crippen molar-refractivity contribution in [3.8, 4) is 0 Å². The van der Waals surface area contributed by atoms with Crippen molar-refractivity contribution in [3.63, 3.8) is 0 Å². The van der Waals surface area contributed by atoms with Crippen LogP contribution in [0, 0.1) is 0 Å². The molecule has 1 aliphatic rings. The van der Waals surface area contributed by atoms with Crippen LogP contribution >= 0.6 is 0 Å². The molecule has 0 aromatic carbocycles. The van der Waals surface area contributed by atoms with Crippen molar-refractivity contribution in [3.05, 3.63) is 24.0 Å². The maximum atomic E-state index is 11.2. The van der Waals surface area contributed by atoms with Crippen LogP contribution < -0.4 is 4.90 Å². The standard InChI is InChI=1S/C13H19N3O2/c1-15(2)9-10-4-3-7-16(10)12-8-14-6-5-11(12)13(17)18/h5-6,8,10H,3-4,7,9H2,1-2H3,(H,17,18). The van der Waals surface area contributed by atoms with Crippen LogP contribution in [0.15, 0.2) is 18.5 Å². The van der Waals surface area contributed by atoms with Crippen molar-refractivity contribution in [2.75, 3.05) is 32.1 Å². The van der Waals surface area contributed by atoms with E-state index in [1.165, 1.54) is 6.20 Å². The van der Waals surface area contributed by atoms with Crippen LogP contribution in [0.2, 0.25) is 0 Å². The van der Waals surface area contributed by atoms with Gasteiger partial charge in [0.25, 0.3) is 0 Å². The molecule has 0 bridgehead atoms. The molecule has 1 N–H and O–H groups in total. The van der Waals surface area contributed by atoms with E-state index in [9.17, 15) is 9.90 Å². The van der Waals surface area contributed by atoms with Gasteiger partial charge in [0, 0.05) is 25.3 Å². The van der Waals surface area contributed by atoms with E-state index in [0.717, 1.165) is 31.6 Å². The zero-order chi connectivity index (χ0) is 13.1. The quantitative estimate of drug-likeness (QED) is 0.872. The highest BCUT2D eigenvalue weighted by atomic mass is 16.4. The molecule has 98 valence electrons. The van der Waals surface area contributed by atoms with Crippen LogP contribution in [-0.2, 0) is 0 Å². The molecule has 5 nitrogen and oxygen atoms in total. The van der Waals surface area contributed by atoms with Gasteiger partial charge < -0.3 is 14.9 Å². The fourth-order valence-electron chi connectivity index (χ4n) is 2.56. The van der Waals surface area contributed by atoms with Gasteiger partial charge in [-0.2, -0.15) is 0 Å². The molecule has 0 spiro atoms. The summed E-state index contributed by atoms with van der Waals surface area (Å²) in [7, 11) is 4.08. The third-order valence-corrected chi connectivity index (χ3v) is 3.29. The van der Waals surface area contributed by atoms with Crippen LogP contribution in [0.1, 0.15) is 23.2 Å². The van der Waals surface area contributed by atoms with Crippen LogP contribution in [0.25, 0.3) is 0 Å². The third kappa shape index (κ3) is 2.61. The molecule has 0 saturated carbocycles.